The van der Waals surface area contributed by atoms with E-state index in [1.165, 1.54) is 5.56 Å². The van der Waals surface area contributed by atoms with Gasteiger partial charge in [-0.15, -0.1) is 0 Å². The van der Waals surface area contributed by atoms with Crippen molar-refractivity contribution in [1.29, 1.82) is 0 Å². The second-order valence-corrected chi connectivity index (χ2v) is 5.71. The first-order valence-electron chi connectivity index (χ1n) is 7.56. The van der Waals surface area contributed by atoms with Crippen molar-refractivity contribution in [3.05, 3.63) is 23.8 Å². The minimum Gasteiger partial charge on any atom is -0.486 e. The molecule has 5 heteroatoms. The maximum absolute atomic E-state index is 11.1. The summed E-state index contributed by atoms with van der Waals surface area (Å²) >= 11 is 0. The summed E-state index contributed by atoms with van der Waals surface area (Å²) < 4.78 is 11.1. The highest BCUT2D eigenvalue weighted by Gasteiger charge is 2.25. The van der Waals surface area contributed by atoms with Crippen molar-refractivity contribution >= 4 is 5.97 Å². The smallest absolute Gasteiger partial charge is 0.307 e. The van der Waals surface area contributed by atoms with Gasteiger partial charge < -0.3 is 19.5 Å². The van der Waals surface area contributed by atoms with Crippen LogP contribution in [0.15, 0.2) is 18.2 Å². The fraction of sp³-hybridized carbons (Fsp3) is 0.562. The minimum atomic E-state index is -0.668. The summed E-state index contributed by atoms with van der Waals surface area (Å²) in [6.45, 7) is 3.76. The Morgan fingerprint density at radius 2 is 2.10 bits per heavy atom. The van der Waals surface area contributed by atoms with E-state index in [1.807, 2.05) is 12.1 Å². The average Bonchev–Trinajstić information content (AvgIpc) is 2.53. The summed E-state index contributed by atoms with van der Waals surface area (Å²) in [4.78, 5) is 13.3. The summed E-state index contributed by atoms with van der Waals surface area (Å²) in [7, 11) is 0. The Labute approximate surface area is 124 Å². The summed E-state index contributed by atoms with van der Waals surface area (Å²) in [5, 5.41) is 9.12. The molecule has 0 aromatic heterocycles. The summed E-state index contributed by atoms with van der Waals surface area (Å²) in [6.07, 6.45) is 2.68. The van der Waals surface area contributed by atoms with E-state index < -0.39 is 5.97 Å². The molecular formula is C16H21NO4. The number of aliphatic carboxylic acids is 1. The predicted molar refractivity (Wildman–Crippen MR) is 77.9 cm³/mol. The molecule has 114 valence electrons. The number of carboxylic acid groups (broad SMARTS) is 1. The van der Waals surface area contributed by atoms with E-state index >= 15 is 0 Å². The highest BCUT2D eigenvalue weighted by molar-refractivity contribution is 5.70. The van der Waals surface area contributed by atoms with Crippen molar-refractivity contribution in [2.75, 3.05) is 32.8 Å². The monoisotopic (exact) mass is 291 g/mol. The molecule has 1 aromatic rings. The summed E-state index contributed by atoms with van der Waals surface area (Å²) in [5.74, 6) is 0.757. The highest BCUT2D eigenvalue weighted by Crippen LogP contribution is 2.31. The molecular weight excluding hydrogens is 270 g/mol. The zero-order chi connectivity index (χ0) is 14.7. The molecule has 1 fully saturated rings. The Hall–Kier alpha value is -1.75. The molecule has 0 amide bonds. The molecule has 3 rings (SSSR count). The topological polar surface area (TPSA) is 59.0 Å². The fourth-order valence-corrected chi connectivity index (χ4v) is 2.99. The predicted octanol–water partition coefficient (Wildman–Crippen LogP) is 1.80. The van der Waals surface area contributed by atoms with E-state index in [2.05, 4.69) is 11.0 Å². The first kappa shape index (κ1) is 14.2. The van der Waals surface area contributed by atoms with Crippen LogP contribution in [0.3, 0.4) is 0 Å². The van der Waals surface area contributed by atoms with Gasteiger partial charge in [0.2, 0.25) is 0 Å². The molecule has 2 aliphatic heterocycles. The van der Waals surface area contributed by atoms with Gasteiger partial charge in [0.15, 0.2) is 11.5 Å². The van der Waals surface area contributed by atoms with Crippen LogP contribution in [0.1, 0.15) is 18.4 Å². The first-order valence-corrected chi connectivity index (χ1v) is 7.56. The number of hydrogen-bond acceptors (Lipinski definition) is 4. The van der Waals surface area contributed by atoms with Gasteiger partial charge in [-0.25, -0.2) is 0 Å². The summed E-state index contributed by atoms with van der Waals surface area (Å²) in [5.41, 5.74) is 1.21. The van der Waals surface area contributed by atoms with Gasteiger partial charge >= 0.3 is 5.97 Å². The second kappa shape index (κ2) is 6.35. The Kier molecular flexibility index (Phi) is 4.29. The number of benzene rings is 1. The maximum atomic E-state index is 11.1. The van der Waals surface area contributed by atoms with E-state index in [4.69, 9.17) is 14.6 Å². The molecule has 1 atom stereocenters. The molecule has 5 nitrogen and oxygen atoms in total. The average molecular weight is 291 g/mol. The lowest BCUT2D eigenvalue weighted by atomic mass is 9.98. The molecule has 1 aromatic carbocycles. The number of carbonyl (C=O) groups is 1. The van der Waals surface area contributed by atoms with Crippen LogP contribution in [0.25, 0.3) is 0 Å². The molecule has 1 unspecified atom stereocenters. The van der Waals surface area contributed by atoms with Crippen molar-refractivity contribution in [3.8, 4) is 11.5 Å². The standard InChI is InChI=1S/C16H21NO4/c18-16(19)13-2-1-6-17(11-13)7-5-12-3-4-14-15(10-12)21-9-8-20-14/h3-4,10,13H,1-2,5-9,11H2,(H,18,19). The zero-order valence-electron chi connectivity index (χ0n) is 12.1. The van der Waals surface area contributed by atoms with Gasteiger partial charge in [0.25, 0.3) is 0 Å². The van der Waals surface area contributed by atoms with Gasteiger partial charge in [-0.2, -0.15) is 0 Å². The lowest BCUT2D eigenvalue weighted by molar-refractivity contribution is -0.143. The van der Waals surface area contributed by atoms with E-state index in [0.29, 0.717) is 19.8 Å². The lowest BCUT2D eigenvalue weighted by Crippen LogP contribution is -2.39. The number of nitrogens with zero attached hydrogens (tertiary/aromatic N) is 1. The van der Waals surface area contributed by atoms with Crippen LogP contribution in [0.4, 0.5) is 0 Å². The lowest BCUT2D eigenvalue weighted by Gasteiger charge is -2.30. The first-order chi connectivity index (χ1) is 10.2. The zero-order valence-corrected chi connectivity index (χ0v) is 12.1. The van der Waals surface area contributed by atoms with E-state index in [1.54, 1.807) is 0 Å². The van der Waals surface area contributed by atoms with Crippen LogP contribution in [0.2, 0.25) is 0 Å². The SMILES string of the molecule is O=C(O)C1CCCN(CCc2ccc3c(c2)OCCO3)C1. The quantitative estimate of drug-likeness (QED) is 0.916. The van der Waals surface area contributed by atoms with Gasteiger partial charge in [-0.3, -0.25) is 4.79 Å². The number of fused-ring (bicyclic) bond motifs is 1. The van der Waals surface area contributed by atoms with Crippen molar-refractivity contribution in [1.82, 2.24) is 4.90 Å². The molecule has 2 heterocycles. The number of carboxylic acids is 1. The largest absolute Gasteiger partial charge is 0.486 e. The van der Waals surface area contributed by atoms with Gasteiger partial charge in [0.05, 0.1) is 5.92 Å². The van der Waals surface area contributed by atoms with Crippen molar-refractivity contribution in [2.24, 2.45) is 5.92 Å². The molecule has 0 radical (unpaired) electrons. The van der Waals surface area contributed by atoms with Crippen molar-refractivity contribution in [2.45, 2.75) is 19.3 Å². The van der Waals surface area contributed by atoms with E-state index in [9.17, 15) is 4.79 Å². The second-order valence-electron chi connectivity index (χ2n) is 5.71. The van der Waals surface area contributed by atoms with Crippen LogP contribution >= 0.6 is 0 Å². The molecule has 0 bridgehead atoms. The van der Waals surface area contributed by atoms with Crippen LogP contribution in [0, 0.1) is 5.92 Å². The number of likely N-dealkylation sites (tertiary alicyclic amines) is 1. The van der Waals surface area contributed by atoms with Crippen molar-refractivity contribution in [3.63, 3.8) is 0 Å². The van der Waals surface area contributed by atoms with Crippen LogP contribution in [-0.4, -0.2) is 48.8 Å². The third kappa shape index (κ3) is 3.47. The van der Waals surface area contributed by atoms with Gasteiger partial charge in [0.1, 0.15) is 13.2 Å². The molecule has 2 aliphatic rings. The Bertz CT molecular complexity index is 517. The normalized spacial score (nSPS) is 22.0. The molecule has 1 N–H and O–H groups in total. The molecule has 0 saturated carbocycles. The Morgan fingerprint density at radius 3 is 2.90 bits per heavy atom. The third-order valence-corrected chi connectivity index (χ3v) is 4.18. The van der Waals surface area contributed by atoms with Crippen LogP contribution < -0.4 is 9.47 Å². The fourth-order valence-electron chi connectivity index (χ4n) is 2.99. The molecule has 0 aliphatic carbocycles. The Morgan fingerprint density at radius 1 is 1.29 bits per heavy atom. The van der Waals surface area contributed by atoms with Crippen LogP contribution in [-0.2, 0) is 11.2 Å². The number of ether oxygens (including phenoxy) is 2. The van der Waals surface area contributed by atoms with Gasteiger partial charge in [-0.05, 0) is 43.5 Å². The van der Waals surface area contributed by atoms with E-state index in [0.717, 1.165) is 43.9 Å². The Balaban J connectivity index is 1.56. The molecule has 1 saturated heterocycles. The molecule has 21 heavy (non-hydrogen) atoms. The number of piperidine rings is 1. The van der Waals surface area contributed by atoms with Gasteiger partial charge in [-0.1, -0.05) is 6.07 Å². The van der Waals surface area contributed by atoms with Crippen molar-refractivity contribution < 1.29 is 19.4 Å². The maximum Gasteiger partial charge on any atom is 0.307 e. The minimum absolute atomic E-state index is 0.209. The number of rotatable bonds is 4. The summed E-state index contributed by atoms with van der Waals surface area (Å²) in [6, 6.07) is 6.05. The van der Waals surface area contributed by atoms with Crippen LogP contribution in [0.5, 0.6) is 11.5 Å². The number of hydrogen-bond donors (Lipinski definition) is 1. The highest BCUT2D eigenvalue weighted by atomic mass is 16.6. The molecule has 0 spiro atoms. The van der Waals surface area contributed by atoms with Gasteiger partial charge in [0, 0.05) is 13.1 Å². The third-order valence-electron chi connectivity index (χ3n) is 4.18. The van der Waals surface area contributed by atoms with E-state index in [-0.39, 0.29) is 5.92 Å².